The molecule has 0 aromatic carbocycles. The fourth-order valence-corrected chi connectivity index (χ4v) is 6.26. The number of phosphoric ester groups is 2. The lowest BCUT2D eigenvalue weighted by Gasteiger charge is -2.34. The number of H-pyrrole nitrogens is 1. The predicted octanol–water partition coefficient (Wildman–Crippen LogP) is -4.35. The third kappa shape index (κ3) is 5.75. The molecule has 2 unspecified atom stereocenters. The number of anilines is 1. The molecule has 0 radical (unpaired) electrons. The molecule has 20 nitrogen and oxygen atoms in total. The zero-order valence-electron chi connectivity index (χ0n) is 19.9. The quantitative estimate of drug-likeness (QED) is 0.234. The summed E-state index contributed by atoms with van der Waals surface area (Å²) in [7, 11) is -10.7. The smallest absolute Gasteiger partial charge is 0.351 e. The fourth-order valence-electron chi connectivity index (χ4n) is 4.36. The number of hydrogen-bond donors (Lipinski definition) is 4. The van der Waals surface area contributed by atoms with Crippen molar-refractivity contribution in [1.82, 2.24) is 19.1 Å². The normalized spacial score (nSPS) is 40.5. The van der Waals surface area contributed by atoms with Gasteiger partial charge in [0.1, 0.15) is 42.4 Å². The first-order valence-electron chi connectivity index (χ1n) is 11.4. The van der Waals surface area contributed by atoms with Crippen molar-refractivity contribution in [2.24, 2.45) is 0 Å². The van der Waals surface area contributed by atoms with Gasteiger partial charge in [-0.1, -0.05) is 0 Å². The Hall–Kier alpha value is -2.58. The number of nitrogens with two attached hydrogens (primary N) is 1. The first kappa shape index (κ1) is 28.9. The molecule has 0 bridgehead atoms. The van der Waals surface area contributed by atoms with Crippen LogP contribution < -0.4 is 32.5 Å². The number of aromatic nitrogens is 4. The Morgan fingerprint density at radius 2 is 1.40 bits per heavy atom. The van der Waals surface area contributed by atoms with Crippen LogP contribution in [-0.4, -0.2) is 79.2 Å². The number of aromatic amines is 1. The Morgan fingerprint density at radius 1 is 0.900 bits per heavy atom. The van der Waals surface area contributed by atoms with Crippen LogP contribution in [0, 0.1) is 0 Å². The van der Waals surface area contributed by atoms with E-state index < -0.39 is 94.9 Å². The van der Waals surface area contributed by atoms with Gasteiger partial charge in [-0.25, -0.2) is 9.59 Å². The average molecular weight is 609 g/mol. The highest BCUT2D eigenvalue weighted by atomic mass is 31.2. The molecule has 220 valence electrons. The van der Waals surface area contributed by atoms with Gasteiger partial charge in [0.2, 0.25) is 0 Å². The third-order valence-electron chi connectivity index (χ3n) is 6.17. The minimum absolute atomic E-state index is 0.149. The van der Waals surface area contributed by atoms with E-state index in [1.54, 1.807) is 0 Å². The lowest BCUT2D eigenvalue weighted by Crippen LogP contribution is -2.41. The number of aliphatic hydroxyl groups excluding tert-OH is 2. The summed E-state index contributed by atoms with van der Waals surface area (Å²) in [5.41, 5.74) is 2.67. The lowest BCUT2D eigenvalue weighted by molar-refractivity contribution is -0.244. The molecule has 5 heterocycles. The van der Waals surface area contributed by atoms with Gasteiger partial charge in [-0.15, -0.1) is 0 Å². The molecule has 10 atom stereocenters. The van der Waals surface area contributed by atoms with Gasteiger partial charge in [0.15, 0.2) is 12.5 Å². The number of nitrogens with one attached hydrogen (secondary N) is 1. The van der Waals surface area contributed by atoms with Crippen molar-refractivity contribution in [3.05, 3.63) is 55.8 Å². The standard InChI is InChI=1S/C18H23N5O15P2/c19-9-1-3-22(17(27)20-9)15-11(25)13-7(35-15)5-33-40(31,32)38-14-8(6-34-39(29,30)37-13)36-16(12(14)26)23-4-2-10(24)21-18(23)28/h1-4,7-8,11-16,25-26H,5-6H2,(H,29,30)(H,31,32)(H2,19,20,27)(H,21,24,28)/p-2/t7-,8-,11-,12-,13-,14-,15-,16-/m1/s1. The molecule has 22 heteroatoms. The number of hydrogen-bond acceptors (Lipinski definition) is 17. The number of nitrogen functional groups attached to an aromatic ring is 1. The molecular formula is C18H21N5O15P2-2. The van der Waals surface area contributed by atoms with Crippen molar-refractivity contribution in [2.75, 3.05) is 18.9 Å². The molecule has 2 aromatic rings. The molecule has 5 N–H and O–H groups in total. The topological polar surface area (TPSA) is 292 Å². The Kier molecular flexibility index (Phi) is 7.72. The minimum atomic E-state index is -5.35. The van der Waals surface area contributed by atoms with E-state index in [2.05, 4.69) is 4.98 Å². The van der Waals surface area contributed by atoms with Crippen molar-refractivity contribution in [3.8, 4) is 0 Å². The van der Waals surface area contributed by atoms with E-state index in [1.165, 1.54) is 6.07 Å². The molecule has 2 aromatic heterocycles. The molecule has 0 amide bonds. The summed E-state index contributed by atoms with van der Waals surface area (Å²) in [5, 5.41) is 21.5. The van der Waals surface area contributed by atoms with Crippen molar-refractivity contribution >= 4 is 21.5 Å². The molecule has 3 aliphatic rings. The van der Waals surface area contributed by atoms with Gasteiger partial charge in [-0.2, -0.15) is 4.98 Å². The highest BCUT2D eigenvalue weighted by molar-refractivity contribution is 7.46. The van der Waals surface area contributed by atoms with Gasteiger partial charge >= 0.3 is 11.4 Å². The van der Waals surface area contributed by atoms with Gasteiger partial charge in [0, 0.05) is 18.5 Å². The van der Waals surface area contributed by atoms with Crippen molar-refractivity contribution in [3.63, 3.8) is 0 Å². The van der Waals surface area contributed by atoms with E-state index in [-0.39, 0.29) is 5.82 Å². The molecule has 0 spiro atoms. The van der Waals surface area contributed by atoms with Gasteiger partial charge in [-0.05, 0) is 6.07 Å². The lowest BCUT2D eigenvalue weighted by atomic mass is 10.1. The van der Waals surface area contributed by atoms with Crippen LogP contribution in [0.1, 0.15) is 12.5 Å². The number of ether oxygens (including phenoxy) is 2. The van der Waals surface area contributed by atoms with Crippen LogP contribution in [-0.2, 0) is 36.7 Å². The predicted molar refractivity (Wildman–Crippen MR) is 121 cm³/mol. The van der Waals surface area contributed by atoms with Crippen LogP contribution >= 0.6 is 15.6 Å². The zero-order valence-corrected chi connectivity index (χ0v) is 21.6. The Balaban J connectivity index is 1.42. The molecular weight excluding hydrogens is 588 g/mol. The van der Waals surface area contributed by atoms with Crippen molar-refractivity contribution < 1.29 is 56.7 Å². The minimum Gasteiger partial charge on any atom is -0.756 e. The molecule has 40 heavy (non-hydrogen) atoms. The highest BCUT2D eigenvalue weighted by Gasteiger charge is 2.51. The van der Waals surface area contributed by atoms with Crippen molar-refractivity contribution in [2.45, 2.75) is 49.1 Å². The molecule has 0 saturated carbocycles. The summed E-state index contributed by atoms with van der Waals surface area (Å²) in [6, 6.07) is 2.12. The molecule has 0 aliphatic carbocycles. The van der Waals surface area contributed by atoms with Gasteiger partial charge in [0.05, 0.1) is 13.2 Å². The van der Waals surface area contributed by atoms with E-state index in [4.69, 9.17) is 33.3 Å². The fraction of sp³-hybridized carbons (Fsp3) is 0.556. The largest absolute Gasteiger partial charge is 0.756 e. The summed E-state index contributed by atoms with van der Waals surface area (Å²) >= 11 is 0. The van der Waals surface area contributed by atoms with E-state index in [9.17, 15) is 43.5 Å². The number of aliphatic hydroxyl groups is 2. The second-order valence-corrected chi connectivity index (χ2v) is 11.5. The molecule has 3 saturated heterocycles. The molecule has 3 fully saturated rings. The second kappa shape index (κ2) is 10.7. The van der Waals surface area contributed by atoms with Gasteiger partial charge in [0.25, 0.3) is 21.2 Å². The van der Waals surface area contributed by atoms with Gasteiger partial charge in [-0.3, -0.25) is 28.0 Å². The SMILES string of the molecule is Nc1ccn([C@@H]2O[C@@H]3COP(=O)([O-])O[C@H]4[C@@H](O)[C@H](n5ccc(=O)[nH]c5=O)O[C@@H]4COP(=O)([O-])O[C@H]3[C@H]2O)c(=O)n1. The van der Waals surface area contributed by atoms with Crippen LogP contribution in [0.5, 0.6) is 0 Å². The van der Waals surface area contributed by atoms with E-state index in [1.807, 2.05) is 4.98 Å². The Bertz CT molecular complexity index is 1540. The van der Waals surface area contributed by atoms with Crippen LogP contribution in [0.25, 0.3) is 0 Å². The van der Waals surface area contributed by atoms with Crippen LogP contribution in [0.4, 0.5) is 5.82 Å². The third-order valence-corrected chi connectivity index (χ3v) is 8.10. The van der Waals surface area contributed by atoms with E-state index in [0.29, 0.717) is 4.57 Å². The van der Waals surface area contributed by atoms with Crippen LogP contribution in [0.15, 0.2) is 38.9 Å². The molecule has 3 aliphatic heterocycles. The van der Waals surface area contributed by atoms with Crippen LogP contribution in [0.3, 0.4) is 0 Å². The van der Waals surface area contributed by atoms with E-state index in [0.717, 1.165) is 23.0 Å². The summed E-state index contributed by atoms with van der Waals surface area (Å²) in [6.07, 6.45) is -11.9. The number of nitrogens with zero attached hydrogens (tertiary/aromatic N) is 3. The Labute approximate surface area is 221 Å². The number of fused-ring (bicyclic) bond motifs is 2. The van der Waals surface area contributed by atoms with Crippen molar-refractivity contribution in [1.29, 1.82) is 0 Å². The monoisotopic (exact) mass is 609 g/mol. The molecule has 5 rings (SSSR count). The highest BCUT2D eigenvalue weighted by Crippen LogP contribution is 2.50. The van der Waals surface area contributed by atoms with Crippen LogP contribution in [0.2, 0.25) is 0 Å². The zero-order chi connectivity index (χ0) is 29.0. The summed E-state index contributed by atoms with van der Waals surface area (Å²) < 4.78 is 57.4. The maximum atomic E-state index is 12.7. The first-order chi connectivity index (χ1) is 18.7. The maximum Gasteiger partial charge on any atom is 0.351 e. The first-order valence-corrected chi connectivity index (χ1v) is 14.3. The van der Waals surface area contributed by atoms with Gasteiger partial charge < -0.3 is 53.3 Å². The summed E-state index contributed by atoms with van der Waals surface area (Å²) in [6.45, 7) is -1.97. The summed E-state index contributed by atoms with van der Waals surface area (Å²) in [5.74, 6) is -0.149. The Morgan fingerprint density at radius 3 is 1.90 bits per heavy atom. The maximum absolute atomic E-state index is 12.7. The number of rotatable bonds is 2. The van der Waals surface area contributed by atoms with E-state index >= 15 is 0 Å². The average Bonchev–Trinajstić information content (AvgIpc) is 3.32. The second-order valence-electron chi connectivity index (χ2n) is 8.80. The number of phosphoric acid groups is 2. The summed E-state index contributed by atoms with van der Waals surface area (Å²) in [4.78, 5) is 66.5.